The second kappa shape index (κ2) is 7.39. The maximum Gasteiger partial charge on any atom is 0.270 e. The van der Waals surface area contributed by atoms with Crippen LogP contribution in [0.1, 0.15) is 30.1 Å². The van der Waals surface area contributed by atoms with E-state index < -0.39 is 4.92 Å². The van der Waals surface area contributed by atoms with Gasteiger partial charge in [0.2, 0.25) is 11.9 Å². The molecule has 1 fully saturated rings. The smallest absolute Gasteiger partial charge is 0.270 e. The fourth-order valence-corrected chi connectivity index (χ4v) is 3.53. The average Bonchev–Trinajstić information content (AvgIpc) is 3.26. The number of carbonyl (C=O) groups excluding carboxylic acids is 1. The van der Waals surface area contributed by atoms with Gasteiger partial charge in [0.05, 0.1) is 11.3 Å². The van der Waals surface area contributed by atoms with Gasteiger partial charge in [0.25, 0.3) is 5.69 Å². The summed E-state index contributed by atoms with van der Waals surface area (Å²) < 4.78 is 1.58. The molecule has 0 spiro atoms. The van der Waals surface area contributed by atoms with Crippen LogP contribution in [0.5, 0.6) is 0 Å². The van der Waals surface area contributed by atoms with E-state index in [1.807, 2.05) is 0 Å². The van der Waals surface area contributed by atoms with Gasteiger partial charge in [-0.1, -0.05) is 0 Å². The highest BCUT2D eigenvalue weighted by molar-refractivity contribution is 5.95. The summed E-state index contributed by atoms with van der Waals surface area (Å²) in [5.74, 6) is 1.21. The van der Waals surface area contributed by atoms with Crippen molar-refractivity contribution in [2.75, 3.05) is 18.4 Å². The molecule has 3 N–H and O–H groups in total. The third-order valence-electron chi connectivity index (χ3n) is 5.05. The lowest BCUT2D eigenvalue weighted by molar-refractivity contribution is -0.384. The maximum absolute atomic E-state index is 12.5. The molecule has 1 aliphatic rings. The number of nitro benzene ring substituents is 1. The van der Waals surface area contributed by atoms with Gasteiger partial charge >= 0.3 is 0 Å². The van der Waals surface area contributed by atoms with E-state index in [0.717, 1.165) is 37.3 Å². The first-order chi connectivity index (χ1) is 13.5. The zero-order chi connectivity index (χ0) is 19.7. The van der Waals surface area contributed by atoms with Gasteiger partial charge in [-0.3, -0.25) is 20.2 Å². The minimum Gasteiger partial charge on any atom is -0.361 e. The fourth-order valence-electron chi connectivity index (χ4n) is 3.53. The van der Waals surface area contributed by atoms with Crippen molar-refractivity contribution in [3.63, 3.8) is 0 Å². The van der Waals surface area contributed by atoms with Gasteiger partial charge in [0.15, 0.2) is 5.82 Å². The number of non-ortho nitro benzene ring substituents is 1. The third kappa shape index (κ3) is 3.58. The molecule has 0 radical (unpaired) electrons. The first-order valence-corrected chi connectivity index (χ1v) is 9.17. The Balaban J connectivity index is 1.49. The number of piperidine rings is 1. The summed E-state index contributed by atoms with van der Waals surface area (Å²) in [4.78, 5) is 30.6. The van der Waals surface area contributed by atoms with Gasteiger partial charge in [-0.2, -0.15) is 10.1 Å². The molecule has 0 atom stereocenters. The summed E-state index contributed by atoms with van der Waals surface area (Å²) in [6, 6.07) is 4.55. The Morgan fingerprint density at radius 2 is 2.18 bits per heavy atom. The monoisotopic (exact) mass is 383 g/mol. The van der Waals surface area contributed by atoms with E-state index in [4.69, 9.17) is 0 Å². The number of anilines is 1. The van der Waals surface area contributed by atoms with E-state index in [9.17, 15) is 14.9 Å². The average molecular weight is 383 g/mol. The van der Waals surface area contributed by atoms with Crippen LogP contribution < -0.4 is 10.6 Å². The number of amides is 1. The van der Waals surface area contributed by atoms with Gasteiger partial charge in [0.1, 0.15) is 0 Å². The molecule has 0 unspecified atom stereocenters. The Labute approximate surface area is 160 Å². The van der Waals surface area contributed by atoms with Crippen LogP contribution >= 0.6 is 0 Å². The zero-order valence-corrected chi connectivity index (χ0v) is 15.4. The number of nitrogens with zero attached hydrogens (tertiary/aromatic N) is 4. The van der Waals surface area contributed by atoms with E-state index in [1.54, 1.807) is 24.0 Å². The lowest BCUT2D eigenvalue weighted by Gasteiger charge is -2.19. The first-order valence-electron chi connectivity index (χ1n) is 9.17. The fraction of sp³-hybridized carbons (Fsp3) is 0.389. The lowest BCUT2D eigenvalue weighted by Crippen LogP contribution is -2.27. The predicted molar refractivity (Wildman–Crippen MR) is 103 cm³/mol. The number of rotatable bonds is 5. The van der Waals surface area contributed by atoms with E-state index in [-0.39, 0.29) is 18.0 Å². The van der Waals surface area contributed by atoms with E-state index in [1.165, 1.54) is 12.1 Å². The summed E-state index contributed by atoms with van der Waals surface area (Å²) in [5, 5.41) is 22.2. The molecular weight excluding hydrogens is 362 g/mol. The molecule has 10 nitrogen and oxygen atoms in total. The van der Waals surface area contributed by atoms with Gasteiger partial charge in [0, 0.05) is 42.2 Å². The van der Waals surface area contributed by atoms with Crippen LogP contribution in [0.25, 0.3) is 10.9 Å². The van der Waals surface area contributed by atoms with Crippen LogP contribution in [0.2, 0.25) is 0 Å². The number of carbonyl (C=O) groups is 1. The van der Waals surface area contributed by atoms with Crippen LogP contribution in [0.15, 0.2) is 24.4 Å². The summed E-state index contributed by atoms with van der Waals surface area (Å²) in [6.07, 6.45) is 3.73. The largest absolute Gasteiger partial charge is 0.361 e. The van der Waals surface area contributed by atoms with Crippen molar-refractivity contribution < 1.29 is 9.72 Å². The van der Waals surface area contributed by atoms with Crippen molar-refractivity contribution in [3.8, 4) is 0 Å². The van der Waals surface area contributed by atoms with Crippen LogP contribution in [-0.4, -0.2) is 43.7 Å². The molecule has 1 aliphatic heterocycles. The summed E-state index contributed by atoms with van der Waals surface area (Å²) in [7, 11) is 1.75. The molecule has 1 amide bonds. The summed E-state index contributed by atoms with van der Waals surface area (Å²) in [6.45, 7) is 1.88. The lowest BCUT2D eigenvalue weighted by atomic mass is 9.98. The minimum atomic E-state index is -0.446. The van der Waals surface area contributed by atoms with Crippen LogP contribution in [-0.2, 0) is 18.3 Å². The second-order valence-corrected chi connectivity index (χ2v) is 6.97. The van der Waals surface area contributed by atoms with Crippen LogP contribution in [0.3, 0.4) is 0 Å². The predicted octanol–water partition coefficient (Wildman–Crippen LogP) is 1.85. The highest BCUT2D eigenvalue weighted by atomic mass is 16.6. The summed E-state index contributed by atoms with van der Waals surface area (Å²) >= 11 is 0. The molecule has 0 aliphatic carbocycles. The number of hydrogen-bond donors (Lipinski definition) is 3. The summed E-state index contributed by atoms with van der Waals surface area (Å²) in [5.41, 5.74) is 1.44. The van der Waals surface area contributed by atoms with Crippen molar-refractivity contribution in [3.05, 3.63) is 45.9 Å². The van der Waals surface area contributed by atoms with E-state index in [2.05, 4.69) is 25.7 Å². The molecule has 3 heterocycles. The number of hydrogen-bond acceptors (Lipinski definition) is 6. The van der Waals surface area contributed by atoms with Crippen molar-refractivity contribution in [1.29, 1.82) is 0 Å². The molecule has 3 aromatic rings. The maximum atomic E-state index is 12.5. The number of aryl methyl sites for hydroxylation is 1. The van der Waals surface area contributed by atoms with Gasteiger partial charge in [-0.05, 0) is 37.6 Å². The zero-order valence-electron chi connectivity index (χ0n) is 15.4. The van der Waals surface area contributed by atoms with Crippen LogP contribution in [0.4, 0.5) is 11.6 Å². The third-order valence-corrected chi connectivity index (χ3v) is 5.05. The number of aromatic nitrogens is 4. The van der Waals surface area contributed by atoms with Crippen molar-refractivity contribution >= 4 is 28.4 Å². The SMILES string of the molecule is Cn1nc(C2CCNCC2)nc1NC(=O)Cc1c[nH]c2ccc([N+](=O)[O-])cc12. The van der Waals surface area contributed by atoms with Crippen molar-refractivity contribution in [1.82, 2.24) is 25.1 Å². The molecule has 1 saturated heterocycles. The number of nitro groups is 1. The van der Waals surface area contributed by atoms with Crippen molar-refractivity contribution in [2.24, 2.45) is 7.05 Å². The highest BCUT2D eigenvalue weighted by Crippen LogP contribution is 2.25. The molecule has 4 rings (SSSR count). The molecular formula is C18H21N7O3. The van der Waals surface area contributed by atoms with Crippen molar-refractivity contribution in [2.45, 2.75) is 25.2 Å². The van der Waals surface area contributed by atoms with Crippen LogP contribution in [0, 0.1) is 10.1 Å². The Bertz CT molecular complexity index is 1030. The Hall–Kier alpha value is -3.27. The quantitative estimate of drug-likeness (QED) is 0.455. The van der Waals surface area contributed by atoms with Gasteiger partial charge in [-0.15, -0.1) is 0 Å². The number of H-pyrrole nitrogens is 1. The van der Waals surface area contributed by atoms with E-state index in [0.29, 0.717) is 22.8 Å². The minimum absolute atomic E-state index is 0.00586. The number of aromatic amines is 1. The molecule has 146 valence electrons. The molecule has 2 aromatic heterocycles. The molecule has 0 saturated carbocycles. The second-order valence-electron chi connectivity index (χ2n) is 6.97. The Morgan fingerprint density at radius 1 is 1.39 bits per heavy atom. The number of fused-ring (bicyclic) bond motifs is 1. The Kier molecular flexibility index (Phi) is 4.78. The van der Waals surface area contributed by atoms with Gasteiger partial charge in [-0.25, -0.2) is 4.68 Å². The van der Waals surface area contributed by atoms with E-state index >= 15 is 0 Å². The Morgan fingerprint density at radius 3 is 2.93 bits per heavy atom. The molecule has 28 heavy (non-hydrogen) atoms. The standard InChI is InChI=1S/C18H21N7O3/c1-24-18(22-17(23-24)11-4-6-19-7-5-11)21-16(26)8-12-10-20-15-3-2-13(25(27)28)9-14(12)15/h2-3,9-11,19-20H,4-8H2,1H3,(H,21,22,23,26). The molecule has 1 aromatic carbocycles. The molecule has 10 heteroatoms. The number of benzene rings is 1. The highest BCUT2D eigenvalue weighted by Gasteiger charge is 2.21. The first kappa shape index (κ1) is 18.1. The van der Waals surface area contributed by atoms with Gasteiger partial charge < -0.3 is 10.3 Å². The topological polar surface area (TPSA) is 131 Å². The number of nitrogens with one attached hydrogen (secondary N) is 3. The molecule has 0 bridgehead atoms. The normalized spacial score (nSPS) is 15.0.